The van der Waals surface area contributed by atoms with Crippen LogP contribution in [0.25, 0.3) is 0 Å². The summed E-state index contributed by atoms with van der Waals surface area (Å²) in [5, 5.41) is 0. The first kappa shape index (κ1) is 12.0. The molecule has 19 heavy (non-hydrogen) atoms. The van der Waals surface area contributed by atoms with Crippen LogP contribution in [0, 0.1) is 0 Å². The molecule has 2 aromatic heterocycles. The molecular formula is C14H16N2O3. The standard InChI is InChI=1S/C14H16N2O3/c1-18-14(17)12-6-2-4-10-9-15-13(16(10)12)8-11-5-3-7-19-11/h3,5,7,9,12H,2,4,6,8H2,1H3. The number of furan rings is 1. The number of nitrogens with zero attached hydrogens (tertiary/aromatic N) is 2. The number of carbonyl (C=O) groups is 1. The Balaban J connectivity index is 1.94. The Morgan fingerprint density at radius 2 is 2.53 bits per heavy atom. The average molecular weight is 260 g/mol. The Labute approximate surface area is 111 Å². The lowest BCUT2D eigenvalue weighted by Gasteiger charge is -2.25. The largest absolute Gasteiger partial charge is 0.469 e. The summed E-state index contributed by atoms with van der Waals surface area (Å²) in [5.41, 5.74) is 1.10. The lowest BCUT2D eigenvalue weighted by atomic mass is 10.0. The monoisotopic (exact) mass is 260 g/mol. The number of fused-ring (bicyclic) bond motifs is 1. The minimum Gasteiger partial charge on any atom is -0.469 e. The summed E-state index contributed by atoms with van der Waals surface area (Å²) in [6.45, 7) is 0. The van der Waals surface area contributed by atoms with Crippen molar-refractivity contribution in [2.75, 3.05) is 7.11 Å². The number of carbonyl (C=O) groups excluding carboxylic acids is 1. The highest BCUT2D eigenvalue weighted by Gasteiger charge is 2.29. The van der Waals surface area contributed by atoms with Gasteiger partial charge < -0.3 is 13.7 Å². The second kappa shape index (κ2) is 4.91. The number of aromatic nitrogens is 2. The summed E-state index contributed by atoms with van der Waals surface area (Å²) >= 11 is 0. The van der Waals surface area contributed by atoms with E-state index in [1.54, 1.807) is 6.26 Å². The zero-order valence-electron chi connectivity index (χ0n) is 10.8. The smallest absolute Gasteiger partial charge is 0.328 e. The molecule has 0 radical (unpaired) electrons. The Morgan fingerprint density at radius 1 is 1.63 bits per heavy atom. The second-order valence-corrected chi connectivity index (χ2v) is 4.72. The SMILES string of the molecule is COC(=O)C1CCCc2cnc(Cc3ccco3)n21. The minimum absolute atomic E-state index is 0.195. The molecule has 0 amide bonds. The molecule has 1 aliphatic rings. The third-order valence-corrected chi connectivity index (χ3v) is 3.56. The van der Waals surface area contributed by atoms with Crippen molar-refractivity contribution in [2.24, 2.45) is 0 Å². The van der Waals surface area contributed by atoms with Gasteiger partial charge in [0.1, 0.15) is 17.6 Å². The second-order valence-electron chi connectivity index (χ2n) is 4.72. The van der Waals surface area contributed by atoms with Gasteiger partial charge in [-0.15, -0.1) is 0 Å². The topological polar surface area (TPSA) is 57.3 Å². The molecule has 0 aliphatic carbocycles. The summed E-state index contributed by atoms with van der Waals surface area (Å²) in [4.78, 5) is 16.3. The minimum atomic E-state index is -0.249. The molecule has 100 valence electrons. The molecule has 2 aromatic rings. The number of ether oxygens (including phenoxy) is 1. The fourth-order valence-corrected chi connectivity index (χ4v) is 2.67. The third kappa shape index (κ3) is 2.16. The van der Waals surface area contributed by atoms with Crippen LogP contribution in [-0.2, 0) is 22.4 Å². The van der Waals surface area contributed by atoms with Gasteiger partial charge in [-0.2, -0.15) is 0 Å². The van der Waals surface area contributed by atoms with Gasteiger partial charge >= 0.3 is 5.97 Å². The lowest BCUT2D eigenvalue weighted by Crippen LogP contribution is -2.27. The maximum Gasteiger partial charge on any atom is 0.328 e. The zero-order valence-corrected chi connectivity index (χ0v) is 10.8. The Hall–Kier alpha value is -2.04. The Kier molecular flexibility index (Phi) is 3.11. The third-order valence-electron chi connectivity index (χ3n) is 3.56. The van der Waals surface area contributed by atoms with Gasteiger partial charge in [-0.05, 0) is 31.4 Å². The first-order valence-corrected chi connectivity index (χ1v) is 6.45. The van der Waals surface area contributed by atoms with E-state index in [4.69, 9.17) is 9.15 Å². The van der Waals surface area contributed by atoms with Crippen LogP contribution in [0.2, 0.25) is 0 Å². The Morgan fingerprint density at radius 3 is 3.26 bits per heavy atom. The molecule has 0 bridgehead atoms. The molecule has 0 saturated heterocycles. The van der Waals surface area contributed by atoms with Crippen molar-refractivity contribution < 1.29 is 13.9 Å². The van der Waals surface area contributed by atoms with Crippen molar-refractivity contribution >= 4 is 5.97 Å². The highest BCUT2D eigenvalue weighted by molar-refractivity contribution is 5.74. The van der Waals surface area contributed by atoms with E-state index in [0.717, 1.165) is 36.5 Å². The van der Waals surface area contributed by atoms with E-state index in [-0.39, 0.29) is 12.0 Å². The maximum atomic E-state index is 11.9. The first-order chi connectivity index (χ1) is 9.29. The molecule has 1 unspecified atom stereocenters. The van der Waals surface area contributed by atoms with Crippen LogP contribution in [0.5, 0.6) is 0 Å². The van der Waals surface area contributed by atoms with Gasteiger partial charge in [-0.3, -0.25) is 0 Å². The van der Waals surface area contributed by atoms with Crippen LogP contribution in [0.15, 0.2) is 29.0 Å². The fraction of sp³-hybridized carbons (Fsp3) is 0.429. The predicted octanol–water partition coefficient (Wildman–Crippen LogP) is 2.12. The fourth-order valence-electron chi connectivity index (χ4n) is 2.67. The molecule has 5 heteroatoms. The number of methoxy groups -OCH3 is 1. The maximum absolute atomic E-state index is 11.9. The van der Waals surface area contributed by atoms with E-state index in [9.17, 15) is 4.79 Å². The van der Waals surface area contributed by atoms with Crippen LogP contribution in [-0.4, -0.2) is 22.6 Å². The van der Waals surface area contributed by atoms with Crippen molar-refractivity contribution in [3.63, 3.8) is 0 Å². The summed E-state index contributed by atoms with van der Waals surface area (Å²) in [7, 11) is 1.43. The van der Waals surface area contributed by atoms with Crippen molar-refractivity contribution in [3.8, 4) is 0 Å². The number of hydrogen-bond acceptors (Lipinski definition) is 4. The molecule has 0 saturated carbocycles. The molecule has 0 spiro atoms. The van der Waals surface area contributed by atoms with Gasteiger partial charge in [0.15, 0.2) is 0 Å². The average Bonchev–Trinajstić information content (AvgIpc) is 3.08. The summed E-state index contributed by atoms with van der Waals surface area (Å²) in [6.07, 6.45) is 6.85. The van der Waals surface area contributed by atoms with E-state index >= 15 is 0 Å². The van der Waals surface area contributed by atoms with Crippen LogP contribution in [0.1, 0.15) is 36.2 Å². The van der Waals surface area contributed by atoms with E-state index < -0.39 is 0 Å². The van der Waals surface area contributed by atoms with Gasteiger partial charge in [0.25, 0.3) is 0 Å². The predicted molar refractivity (Wildman–Crippen MR) is 67.7 cm³/mol. The Bertz CT molecular complexity index is 572. The number of esters is 1. The van der Waals surface area contributed by atoms with Gasteiger partial charge in [-0.25, -0.2) is 9.78 Å². The molecule has 5 nitrogen and oxygen atoms in total. The molecule has 0 fully saturated rings. The van der Waals surface area contributed by atoms with Crippen molar-refractivity contribution in [2.45, 2.75) is 31.7 Å². The van der Waals surface area contributed by atoms with E-state index in [1.807, 2.05) is 22.9 Å². The van der Waals surface area contributed by atoms with Gasteiger partial charge in [0.05, 0.1) is 19.8 Å². The van der Waals surface area contributed by atoms with Crippen molar-refractivity contribution in [1.82, 2.24) is 9.55 Å². The lowest BCUT2D eigenvalue weighted by molar-refractivity contribution is -0.145. The first-order valence-electron chi connectivity index (χ1n) is 6.45. The quantitative estimate of drug-likeness (QED) is 0.793. The van der Waals surface area contributed by atoms with Crippen LogP contribution < -0.4 is 0 Å². The number of hydrogen-bond donors (Lipinski definition) is 0. The van der Waals surface area contributed by atoms with Gasteiger partial charge in [0.2, 0.25) is 0 Å². The molecule has 0 aromatic carbocycles. The molecule has 3 heterocycles. The summed E-state index contributed by atoms with van der Waals surface area (Å²) in [6, 6.07) is 3.52. The molecule has 1 aliphatic heterocycles. The molecule has 0 N–H and O–H groups in total. The van der Waals surface area contributed by atoms with Gasteiger partial charge in [0, 0.05) is 11.9 Å². The number of aryl methyl sites for hydroxylation is 1. The molecular weight excluding hydrogens is 244 g/mol. The zero-order chi connectivity index (χ0) is 13.2. The number of imidazole rings is 1. The summed E-state index contributed by atoms with van der Waals surface area (Å²) in [5.74, 6) is 1.52. The van der Waals surface area contributed by atoms with E-state index in [0.29, 0.717) is 6.42 Å². The van der Waals surface area contributed by atoms with E-state index in [2.05, 4.69) is 4.98 Å². The molecule has 3 rings (SSSR count). The number of rotatable bonds is 3. The van der Waals surface area contributed by atoms with Gasteiger partial charge in [-0.1, -0.05) is 0 Å². The highest BCUT2D eigenvalue weighted by atomic mass is 16.5. The summed E-state index contributed by atoms with van der Waals surface area (Å²) < 4.78 is 12.3. The van der Waals surface area contributed by atoms with Crippen LogP contribution in [0.4, 0.5) is 0 Å². The van der Waals surface area contributed by atoms with Crippen LogP contribution >= 0.6 is 0 Å². The van der Waals surface area contributed by atoms with Crippen molar-refractivity contribution in [1.29, 1.82) is 0 Å². The normalized spacial score (nSPS) is 18.1. The van der Waals surface area contributed by atoms with Crippen molar-refractivity contribution in [3.05, 3.63) is 41.9 Å². The van der Waals surface area contributed by atoms with Crippen LogP contribution in [0.3, 0.4) is 0 Å². The van der Waals surface area contributed by atoms with E-state index in [1.165, 1.54) is 7.11 Å². The highest BCUT2D eigenvalue weighted by Crippen LogP contribution is 2.28. The molecule has 1 atom stereocenters.